The van der Waals surface area contributed by atoms with E-state index < -0.39 is 97.5 Å². The third-order valence-electron chi connectivity index (χ3n) is 15.7. The Labute approximate surface area is 617 Å². The Bertz CT molecular complexity index is 2510. The van der Waals surface area contributed by atoms with Gasteiger partial charge >= 0.3 is 39.5 Å². The maximum atomic E-state index is 13.1. The molecule has 0 aromatic carbocycles. The molecule has 102 heavy (non-hydrogen) atoms. The van der Waals surface area contributed by atoms with Crippen molar-refractivity contribution in [2.75, 3.05) is 39.6 Å². The third kappa shape index (κ3) is 73.3. The highest BCUT2D eigenvalue weighted by Gasteiger charge is 2.30. The summed E-state index contributed by atoms with van der Waals surface area (Å²) < 4.78 is 68.4. The van der Waals surface area contributed by atoms with Crippen molar-refractivity contribution in [2.24, 2.45) is 0 Å². The second-order valence-corrected chi connectivity index (χ2v) is 28.4. The molecule has 5 atom stereocenters. The van der Waals surface area contributed by atoms with Gasteiger partial charge in [-0.15, -0.1) is 0 Å². The Kier molecular flexibility index (Phi) is 70.5. The van der Waals surface area contributed by atoms with Crippen LogP contribution in [0.3, 0.4) is 0 Å². The van der Waals surface area contributed by atoms with Gasteiger partial charge in [0.2, 0.25) is 0 Å². The van der Waals surface area contributed by atoms with Gasteiger partial charge in [0.05, 0.1) is 26.4 Å². The van der Waals surface area contributed by atoms with E-state index in [0.717, 1.165) is 205 Å². The molecule has 3 N–H and O–H groups in total. The van der Waals surface area contributed by atoms with Crippen molar-refractivity contribution in [3.63, 3.8) is 0 Å². The highest BCUT2D eigenvalue weighted by Crippen LogP contribution is 2.45. The van der Waals surface area contributed by atoms with Gasteiger partial charge in [0.25, 0.3) is 0 Å². The third-order valence-corrected chi connectivity index (χ3v) is 17.7. The minimum atomic E-state index is -4.99. The molecule has 0 aromatic heterocycles. The molecule has 17 nitrogen and oxygen atoms in total. The van der Waals surface area contributed by atoms with Gasteiger partial charge in [-0.05, 0) is 154 Å². The molecular formula is C83H138O17P2. The molecule has 0 saturated heterocycles. The summed E-state index contributed by atoms with van der Waals surface area (Å²) in [6.45, 7) is 4.45. The zero-order valence-electron chi connectivity index (χ0n) is 63.5. The van der Waals surface area contributed by atoms with E-state index in [9.17, 15) is 43.2 Å². The lowest BCUT2D eigenvalue weighted by Crippen LogP contribution is -2.30. The second kappa shape index (κ2) is 74.2. The number of phosphoric acid groups is 2. The van der Waals surface area contributed by atoms with Gasteiger partial charge in [-0.2, -0.15) is 0 Å². The first-order valence-corrected chi connectivity index (χ1v) is 42.1. The molecule has 0 bridgehead atoms. The van der Waals surface area contributed by atoms with Crippen molar-refractivity contribution in [3.8, 4) is 0 Å². The van der Waals surface area contributed by atoms with E-state index in [2.05, 4.69) is 174 Å². The number of rotatable bonds is 72. The predicted molar refractivity (Wildman–Crippen MR) is 417 cm³/mol. The van der Waals surface area contributed by atoms with Crippen LogP contribution in [0.5, 0.6) is 0 Å². The minimum Gasteiger partial charge on any atom is -0.462 e. The van der Waals surface area contributed by atoms with Gasteiger partial charge in [0, 0.05) is 25.7 Å². The summed E-state index contributed by atoms with van der Waals surface area (Å²) in [5.41, 5.74) is 0. The molecule has 0 aliphatic carbocycles. The Morgan fingerprint density at radius 1 is 0.284 bits per heavy atom. The number of hydrogen-bond donors (Lipinski definition) is 3. The van der Waals surface area contributed by atoms with Crippen molar-refractivity contribution in [1.82, 2.24) is 0 Å². The van der Waals surface area contributed by atoms with E-state index >= 15 is 0 Å². The fourth-order valence-corrected chi connectivity index (χ4v) is 11.4. The Hall–Kier alpha value is -5.06. The predicted octanol–water partition coefficient (Wildman–Crippen LogP) is 22.7. The summed E-state index contributed by atoms with van der Waals surface area (Å²) in [5, 5.41) is 10.6. The number of hydrogen-bond acceptors (Lipinski definition) is 15. The van der Waals surface area contributed by atoms with E-state index in [0.29, 0.717) is 25.7 Å². The lowest BCUT2D eigenvalue weighted by atomic mass is 10.1. The molecule has 0 spiro atoms. The van der Waals surface area contributed by atoms with Crippen molar-refractivity contribution in [3.05, 3.63) is 146 Å². The van der Waals surface area contributed by atoms with E-state index in [1.54, 1.807) is 0 Å². The first-order valence-electron chi connectivity index (χ1n) is 39.1. The average Bonchev–Trinajstić information content (AvgIpc) is 0.928. The second-order valence-electron chi connectivity index (χ2n) is 25.5. The summed E-state index contributed by atoms with van der Waals surface area (Å²) in [7, 11) is -9.98. The number of aliphatic hydroxyl groups is 1. The van der Waals surface area contributed by atoms with Crippen molar-refractivity contribution in [2.45, 2.75) is 316 Å². The van der Waals surface area contributed by atoms with Crippen LogP contribution in [0.1, 0.15) is 297 Å². The number of phosphoric ester groups is 2. The van der Waals surface area contributed by atoms with Crippen LogP contribution in [0.4, 0.5) is 0 Å². The fourth-order valence-electron chi connectivity index (χ4n) is 9.84. The van der Waals surface area contributed by atoms with Crippen LogP contribution < -0.4 is 0 Å². The molecule has 0 heterocycles. The number of ether oxygens (including phenoxy) is 4. The number of esters is 4. The molecule has 5 unspecified atom stereocenters. The minimum absolute atomic E-state index is 0.0708. The maximum Gasteiger partial charge on any atom is 0.472 e. The number of unbranched alkanes of at least 4 members (excludes halogenated alkanes) is 22. The molecule has 0 aromatic rings. The van der Waals surface area contributed by atoms with E-state index in [1.807, 2.05) is 0 Å². The lowest BCUT2D eigenvalue weighted by molar-refractivity contribution is -0.161. The first kappa shape index (κ1) is 96.9. The Morgan fingerprint density at radius 2 is 0.529 bits per heavy atom. The quantitative estimate of drug-likeness (QED) is 0.0169. The highest BCUT2D eigenvalue weighted by molar-refractivity contribution is 7.47. The molecule has 0 saturated carbocycles. The molecule has 0 fully saturated rings. The molecular weight excluding hydrogens is 1330 g/mol. The number of allylic oxidation sites excluding steroid dienone is 24. The van der Waals surface area contributed by atoms with Crippen LogP contribution in [-0.2, 0) is 65.4 Å². The summed E-state index contributed by atoms with van der Waals surface area (Å²) in [5.74, 6) is -2.26. The monoisotopic (exact) mass is 1470 g/mol. The van der Waals surface area contributed by atoms with Crippen molar-refractivity contribution in [1.29, 1.82) is 0 Å². The van der Waals surface area contributed by atoms with E-state index in [-0.39, 0.29) is 25.7 Å². The van der Waals surface area contributed by atoms with Crippen LogP contribution in [0, 0.1) is 0 Å². The number of aliphatic hydroxyl groups excluding tert-OH is 1. The molecule has 0 aliphatic rings. The molecule has 582 valence electrons. The lowest BCUT2D eigenvalue weighted by Gasteiger charge is -2.21. The topological polar surface area (TPSA) is 237 Å². The normalized spacial score (nSPS) is 14.7. The van der Waals surface area contributed by atoms with Crippen molar-refractivity contribution < 1.29 is 80.2 Å². The highest BCUT2D eigenvalue weighted by atomic mass is 31.2. The smallest absolute Gasteiger partial charge is 0.462 e. The van der Waals surface area contributed by atoms with Gasteiger partial charge < -0.3 is 33.8 Å². The zero-order valence-corrected chi connectivity index (χ0v) is 65.3. The van der Waals surface area contributed by atoms with Gasteiger partial charge in [-0.1, -0.05) is 263 Å². The van der Waals surface area contributed by atoms with Gasteiger partial charge in [-0.3, -0.25) is 37.3 Å². The van der Waals surface area contributed by atoms with Gasteiger partial charge in [-0.25, -0.2) is 9.13 Å². The standard InChI is InChI=1S/C83H138O17P2/c1-5-9-13-17-21-25-29-32-34-36-38-40-42-45-48-51-55-59-63-67-80(85)93-73-78(99-82(87)69-65-61-57-53-47-28-24-20-16-12-8-4)75-97-101(89,90)95-71-77(84)72-96-102(91,92)98-76-79(100-83(88)70-66-62-58-54-50-44-31-27-23-19-15-11-7-3)74-94-81(86)68-64-60-56-52-49-46-43-41-39-37-35-33-30-26-22-18-14-10-6-2/h9-10,13-15,19-22,24-27,31-35,38-41,45,48,77-79,84H,5-8,11-12,16-18,23,28-30,36-37,42-44,46-47,49-76H2,1-4H3,(H,89,90)(H,91,92)/b13-9-,14-10-,19-15-,24-20-,25-21-,26-22-,31-27-,34-32-,35-33-,40-38-,41-39-,48-45-. The molecule has 19 heteroatoms. The van der Waals surface area contributed by atoms with Crippen LogP contribution in [-0.4, -0.2) is 96.7 Å². The average molecular weight is 1470 g/mol. The molecule has 0 aliphatic heterocycles. The maximum absolute atomic E-state index is 13.1. The molecule has 0 amide bonds. The summed E-state index contributed by atoms with van der Waals surface area (Å²) in [6.07, 6.45) is 84.1. The Morgan fingerprint density at radius 3 is 0.843 bits per heavy atom. The largest absolute Gasteiger partial charge is 0.472 e. The van der Waals surface area contributed by atoms with Crippen LogP contribution >= 0.6 is 15.6 Å². The Balaban J connectivity index is 5.35. The van der Waals surface area contributed by atoms with Crippen LogP contribution in [0.2, 0.25) is 0 Å². The first-order chi connectivity index (χ1) is 49.7. The van der Waals surface area contributed by atoms with Crippen LogP contribution in [0.25, 0.3) is 0 Å². The fraction of sp³-hybridized carbons (Fsp3) is 0.663. The number of carbonyl (C=O) groups is 4. The van der Waals surface area contributed by atoms with Gasteiger partial charge in [0.1, 0.15) is 19.3 Å². The summed E-state index contributed by atoms with van der Waals surface area (Å²) >= 11 is 0. The van der Waals surface area contributed by atoms with Gasteiger partial charge in [0.15, 0.2) is 12.2 Å². The summed E-state index contributed by atoms with van der Waals surface area (Å²) in [6, 6.07) is 0. The van der Waals surface area contributed by atoms with E-state index in [1.165, 1.54) is 12.8 Å². The number of carbonyl (C=O) groups excluding carboxylic acids is 4. The summed E-state index contributed by atoms with van der Waals surface area (Å²) in [4.78, 5) is 72.9. The van der Waals surface area contributed by atoms with Crippen LogP contribution in [0.15, 0.2) is 146 Å². The molecule has 0 rings (SSSR count). The van der Waals surface area contributed by atoms with E-state index in [4.69, 9.17) is 37.0 Å². The SMILES string of the molecule is CC/C=C\C/C=C\C/C=C\C/C=C\C/C=C\CCCCCC(=O)OCC(COP(=O)(O)OCC(O)COP(=O)(O)OCC(COC(=O)CCCCCCCC/C=C\C/C=C\C/C=C\C/C=C\CC)OC(=O)CCCCCCC/C=C\C/C=C\CCC)OC(=O)CCCCCCC/C=C\CCCC. The molecule has 0 radical (unpaired) electrons. The van der Waals surface area contributed by atoms with Crippen molar-refractivity contribution >= 4 is 39.5 Å². The zero-order chi connectivity index (χ0) is 74.6.